The molecule has 0 aromatic heterocycles. The fourth-order valence-electron chi connectivity index (χ4n) is 2.58. The maximum Gasteiger partial charge on any atom is 0.165 e. The Bertz CT molecular complexity index is 658. The molecule has 2 aromatic carbocycles. The average Bonchev–Trinajstić information content (AvgIpc) is 2.64. The van der Waals surface area contributed by atoms with E-state index in [0.717, 1.165) is 41.5 Å². The molecule has 1 N–H and O–H groups in total. The lowest BCUT2D eigenvalue weighted by molar-refractivity contribution is 0.350. The van der Waals surface area contributed by atoms with E-state index in [1.54, 1.807) is 28.4 Å². The summed E-state index contributed by atoms with van der Waals surface area (Å²) in [7, 11) is 6.59. The summed E-state index contributed by atoms with van der Waals surface area (Å²) in [5, 5.41) is 3.43. The second-order valence-corrected chi connectivity index (χ2v) is 5.27. The molecule has 0 atom stereocenters. The van der Waals surface area contributed by atoms with Gasteiger partial charge >= 0.3 is 0 Å². The third kappa shape index (κ3) is 4.32. The lowest BCUT2D eigenvalue weighted by atomic mass is 10.1. The van der Waals surface area contributed by atoms with Crippen molar-refractivity contribution in [1.29, 1.82) is 0 Å². The fraction of sp³-hybridized carbons (Fsp3) is 0.368. The molecule has 0 radical (unpaired) electrons. The molecule has 24 heavy (non-hydrogen) atoms. The van der Waals surface area contributed by atoms with Gasteiger partial charge in [0.15, 0.2) is 23.0 Å². The van der Waals surface area contributed by atoms with Crippen LogP contribution in [0.2, 0.25) is 0 Å². The maximum absolute atomic E-state index is 5.44. The summed E-state index contributed by atoms with van der Waals surface area (Å²) in [6, 6.07) is 11.9. The number of rotatable bonds is 9. The van der Waals surface area contributed by atoms with Crippen molar-refractivity contribution in [3.63, 3.8) is 0 Å². The van der Waals surface area contributed by atoms with Crippen molar-refractivity contribution in [3.8, 4) is 23.0 Å². The zero-order valence-corrected chi connectivity index (χ0v) is 14.7. The minimum Gasteiger partial charge on any atom is -0.493 e. The van der Waals surface area contributed by atoms with Crippen LogP contribution in [0, 0.1) is 0 Å². The number of hydrogen-bond acceptors (Lipinski definition) is 5. The zero-order chi connectivity index (χ0) is 17.4. The number of methoxy groups -OCH3 is 4. The second kappa shape index (κ2) is 9.03. The van der Waals surface area contributed by atoms with Gasteiger partial charge in [0.05, 0.1) is 28.4 Å². The molecule has 0 amide bonds. The van der Waals surface area contributed by atoms with Gasteiger partial charge in [-0.3, -0.25) is 0 Å². The molecule has 0 aliphatic heterocycles. The fourth-order valence-corrected chi connectivity index (χ4v) is 2.58. The summed E-state index contributed by atoms with van der Waals surface area (Å²) < 4.78 is 21.4. The van der Waals surface area contributed by atoms with Crippen LogP contribution in [0.15, 0.2) is 36.4 Å². The van der Waals surface area contributed by atoms with Crippen LogP contribution in [0.5, 0.6) is 23.0 Å². The monoisotopic (exact) mass is 331 g/mol. The molecule has 5 heteroatoms. The first-order chi connectivity index (χ1) is 11.7. The Balaban J connectivity index is 1.92. The molecule has 0 saturated carbocycles. The predicted octanol–water partition coefficient (Wildman–Crippen LogP) is 3.05. The Hall–Kier alpha value is -2.40. The highest BCUT2D eigenvalue weighted by Gasteiger charge is 2.09. The molecule has 0 aliphatic rings. The SMILES string of the molecule is COc1ccc(CCNCc2cccc(OC)c2OC)cc1OC. The van der Waals surface area contributed by atoms with E-state index in [1.807, 2.05) is 30.3 Å². The normalized spacial score (nSPS) is 10.3. The van der Waals surface area contributed by atoms with Crippen LogP contribution < -0.4 is 24.3 Å². The van der Waals surface area contributed by atoms with E-state index in [4.69, 9.17) is 18.9 Å². The van der Waals surface area contributed by atoms with Gasteiger partial charge in [0, 0.05) is 12.1 Å². The van der Waals surface area contributed by atoms with Crippen molar-refractivity contribution >= 4 is 0 Å². The quantitative estimate of drug-likeness (QED) is 0.716. The van der Waals surface area contributed by atoms with Gasteiger partial charge in [-0.15, -0.1) is 0 Å². The van der Waals surface area contributed by atoms with E-state index in [9.17, 15) is 0 Å². The molecule has 0 fully saturated rings. The van der Waals surface area contributed by atoms with Gasteiger partial charge in [0.2, 0.25) is 0 Å². The first-order valence-electron chi connectivity index (χ1n) is 7.85. The van der Waals surface area contributed by atoms with Crippen molar-refractivity contribution in [1.82, 2.24) is 5.32 Å². The summed E-state index contributed by atoms with van der Waals surface area (Å²) in [6.45, 7) is 1.56. The number of hydrogen-bond donors (Lipinski definition) is 1. The minimum atomic E-state index is 0.716. The molecule has 0 spiro atoms. The van der Waals surface area contributed by atoms with Crippen LogP contribution in [-0.2, 0) is 13.0 Å². The van der Waals surface area contributed by atoms with E-state index < -0.39 is 0 Å². The number of para-hydroxylation sites is 1. The van der Waals surface area contributed by atoms with Crippen molar-refractivity contribution in [2.75, 3.05) is 35.0 Å². The van der Waals surface area contributed by atoms with E-state index in [1.165, 1.54) is 5.56 Å². The van der Waals surface area contributed by atoms with Crippen LogP contribution in [0.1, 0.15) is 11.1 Å². The van der Waals surface area contributed by atoms with Gasteiger partial charge in [0.25, 0.3) is 0 Å². The summed E-state index contributed by atoms with van der Waals surface area (Å²) in [4.78, 5) is 0. The first kappa shape index (κ1) is 17.9. The van der Waals surface area contributed by atoms with E-state index in [-0.39, 0.29) is 0 Å². The molecule has 2 rings (SSSR count). The maximum atomic E-state index is 5.44. The largest absolute Gasteiger partial charge is 0.493 e. The topological polar surface area (TPSA) is 49.0 Å². The van der Waals surface area contributed by atoms with Crippen molar-refractivity contribution in [2.24, 2.45) is 0 Å². The number of benzene rings is 2. The van der Waals surface area contributed by atoms with Gasteiger partial charge in [-0.1, -0.05) is 18.2 Å². The van der Waals surface area contributed by atoms with E-state index in [0.29, 0.717) is 6.54 Å². The van der Waals surface area contributed by atoms with E-state index in [2.05, 4.69) is 11.4 Å². The molecule has 2 aromatic rings. The van der Waals surface area contributed by atoms with Gasteiger partial charge in [-0.05, 0) is 36.7 Å². The second-order valence-electron chi connectivity index (χ2n) is 5.27. The standard InChI is InChI=1S/C19H25NO4/c1-21-16-9-8-14(12-18(16)23-3)10-11-20-13-15-6-5-7-17(22-2)19(15)24-4/h5-9,12,20H,10-11,13H2,1-4H3. The molecule has 130 valence electrons. The summed E-state index contributed by atoms with van der Waals surface area (Å²) in [5.74, 6) is 3.02. The van der Waals surface area contributed by atoms with Crippen LogP contribution >= 0.6 is 0 Å². The predicted molar refractivity (Wildman–Crippen MR) is 94.5 cm³/mol. The van der Waals surface area contributed by atoms with Crippen molar-refractivity contribution in [3.05, 3.63) is 47.5 Å². The van der Waals surface area contributed by atoms with Crippen molar-refractivity contribution in [2.45, 2.75) is 13.0 Å². The summed E-state index contributed by atoms with van der Waals surface area (Å²) in [5.41, 5.74) is 2.27. The molecule has 0 saturated heterocycles. The summed E-state index contributed by atoms with van der Waals surface area (Å²) in [6.07, 6.45) is 0.895. The van der Waals surface area contributed by atoms with Crippen LogP contribution in [0.25, 0.3) is 0 Å². The average molecular weight is 331 g/mol. The lowest BCUT2D eigenvalue weighted by Crippen LogP contribution is -2.17. The Morgan fingerprint density at radius 1 is 0.792 bits per heavy atom. The van der Waals surface area contributed by atoms with Crippen LogP contribution in [-0.4, -0.2) is 35.0 Å². The van der Waals surface area contributed by atoms with Crippen molar-refractivity contribution < 1.29 is 18.9 Å². The van der Waals surface area contributed by atoms with Crippen LogP contribution in [0.4, 0.5) is 0 Å². The molecule has 0 unspecified atom stereocenters. The Labute approximate surface area is 143 Å². The smallest absolute Gasteiger partial charge is 0.165 e. The minimum absolute atomic E-state index is 0.716. The van der Waals surface area contributed by atoms with Gasteiger partial charge < -0.3 is 24.3 Å². The Kier molecular flexibility index (Phi) is 6.75. The zero-order valence-electron chi connectivity index (χ0n) is 14.7. The third-order valence-corrected chi connectivity index (χ3v) is 3.84. The molecular formula is C19H25NO4. The molecule has 0 aliphatic carbocycles. The van der Waals surface area contributed by atoms with Crippen LogP contribution in [0.3, 0.4) is 0 Å². The Morgan fingerprint density at radius 2 is 1.54 bits per heavy atom. The van der Waals surface area contributed by atoms with Gasteiger partial charge in [-0.25, -0.2) is 0 Å². The molecule has 5 nitrogen and oxygen atoms in total. The third-order valence-electron chi connectivity index (χ3n) is 3.84. The first-order valence-corrected chi connectivity index (χ1v) is 7.85. The molecular weight excluding hydrogens is 306 g/mol. The molecule has 0 bridgehead atoms. The number of ether oxygens (including phenoxy) is 4. The highest BCUT2D eigenvalue weighted by molar-refractivity contribution is 5.46. The molecule has 0 heterocycles. The highest BCUT2D eigenvalue weighted by atomic mass is 16.5. The van der Waals surface area contributed by atoms with Gasteiger partial charge in [0.1, 0.15) is 0 Å². The summed E-state index contributed by atoms with van der Waals surface area (Å²) >= 11 is 0. The highest BCUT2D eigenvalue weighted by Crippen LogP contribution is 2.30. The Morgan fingerprint density at radius 3 is 2.21 bits per heavy atom. The number of nitrogens with one attached hydrogen (secondary N) is 1. The van der Waals surface area contributed by atoms with Gasteiger partial charge in [-0.2, -0.15) is 0 Å². The van der Waals surface area contributed by atoms with E-state index >= 15 is 0 Å². The lowest BCUT2D eigenvalue weighted by Gasteiger charge is -2.13.